The lowest BCUT2D eigenvalue weighted by atomic mass is 10.2. The number of nitrogen functional groups attached to an aromatic ring is 1. The number of anilines is 1. The van der Waals surface area contributed by atoms with Crippen LogP contribution >= 0.6 is 0 Å². The van der Waals surface area contributed by atoms with Crippen LogP contribution in [0.1, 0.15) is 24.2 Å². The van der Waals surface area contributed by atoms with Crippen molar-refractivity contribution in [2.24, 2.45) is 5.92 Å². The van der Waals surface area contributed by atoms with E-state index in [1.807, 2.05) is 13.8 Å². The lowest BCUT2D eigenvalue weighted by Crippen LogP contribution is -2.31. The maximum absolute atomic E-state index is 11.7. The Morgan fingerprint density at radius 1 is 1.35 bits per heavy atom. The molecule has 6 heteroatoms. The fourth-order valence-corrected chi connectivity index (χ4v) is 1.44. The second-order valence-corrected chi connectivity index (χ2v) is 4.73. The molecule has 0 radical (unpaired) electrons. The van der Waals surface area contributed by atoms with Gasteiger partial charge in [-0.2, -0.15) is 0 Å². The predicted octanol–water partition coefficient (Wildman–Crippen LogP) is 1.21. The first-order valence-corrected chi connectivity index (χ1v) is 6.31. The Bertz CT molecular complexity index is 486. The number of benzene rings is 1. The molecule has 0 fully saturated rings. The molecule has 0 aliphatic rings. The van der Waals surface area contributed by atoms with Gasteiger partial charge in [0.2, 0.25) is 0 Å². The number of hydrogen-bond acceptors (Lipinski definition) is 5. The van der Waals surface area contributed by atoms with Crippen LogP contribution in [0.4, 0.5) is 5.69 Å². The molecule has 0 aliphatic carbocycles. The number of rotatable bonds is 6. The zero-order valence-electron chi connectivity index (χ0n) is 11.9. The average molecular weight is 280 g/mol. The van der Waals surface area contributed by atoms with Crippen LogP contribution in [0, 0.1) is 5.92 Å². The molecule has 0 atom stereocenters. The van der Waals surface area contributed by atoms with E-state index in [9.17, 15) is 9.59 Å². The van der Waals surface area contributed by atoms with Crippen molar-refractivity contribution in [3.63, 3.8) is 0 Å². The molecule has 0 aromatic heterocycles. The molecule has 20 heavy (non-hydrogen) atoms. The normalized spacial score (nSPS) is 10.2. The fraction of sp³-hybridized carbons (Fsp3) is 0.429. The van der Waals surface area contributed by atoms with Gasteiger partial charge in [-0.3, -0.25) is 4.79 Å². The third-order valence-electron chi connectivity index (χ3n) is 2.51. The number of hydrogen-bond donors (Lipinski definition) is 2. The summed E-state index contributed by atoms with van der Waals surface area (Å²) in [4.78, 5) is 23.2. The standard InChI is InChI=1S/C14H20N2O4/c1-9(2)7-16-13(17)8-20-14(18)10-4-5-12(19-3)11(15)6-10/h4-6,9H,7-8,15H2,1-3H3,(H,16,17). The Balaban J connectivity index is 2.51. The van der Waals surface area contributed by atoms with E-state index in [4.69, 9.17) is 15.2 Å². The van der Waals surface area contributed by atoms with Crippen molar-refractivity contribution >= 4 is 17.6 Å². The second-order valence-electron chi connectivity index (χ2n) is 4.73. The molecular formula is C14H20N2O4. The van der Waals surface area contributed by atoms with Gasteiger partial charge in [-0.1, -0.05) is 13.8 Å². The minimum Gasteiger partial charge on any atom is -0.495 e. The molecule has 0 saturated carbocycles. The van der Waals surface area contributed by atoms with Crippen molar-refractivity contribution in [2.75, 3.05) is 26.0 Å². The van der Waals surface area contributed by atoms with Gasteiger partial charge in [-0.25, -0.2) is 4.79 Å². The minimum atomic E-state index is -0.598. The van der Waals surface area contributed by atoms with Crippen LogP contribution in [0.2, 0.25) is 0 Å². The fourth-order valence-electron chi connectivity index (χ4n) is 1.44. The summed E-state index contributed by atoms with van der Waals surface area (Å²) >= 11 is 0. The zero-order valence-corrected chi connectivity index (χ0v) is 11.9. The summed E-state index contributed by atoms with van der Waals surface area (Å²) in [5, 5.41) is 2.66. The molecule has 0 heterocycles. The molecule has 1 amide bonds. The molecule has 0 saturated heterocycles. The summed E-state index contributed by atoms with van der Waals surface area (Å²) in [7, 11) is 1.49. The molecule has 0 spiro atoms. The molecule has 1 rings (SSSR count). The minimum absolute atomic E-state index is 0.278. The summed E-state index contributed by atoms with van der Waals surface area (Å²) in [5.74, 6) is -0.0974. The highest BCUT2D eigenvalue weighted by atomic mass is 16.5. The van der Waals surface area contributed by atoms with Gasteiger partial charge in [0.1, 0.15) is 5.75 Å². The molecular weight excluding hydrogens is 260 g/mol. The number of esters is 1. The van der Waals surface area contributed by atoms with Crippen LogP contribution in [0.15, 0.2) is 18.2 Å². The number of carbonyl (C=O) groups is 2. The first kappa shape index (κ1) is 15.8. The quantitative estimate of drug-likeness (QED) is 0.603. The number of methoxy groups -OCH3 is 1. The summed E-state index contributed by atoms with van der Waals surface area (Å²) in [6, 6.07) is 4.56. The molecule has 110 valence electrons. The Hall–Kier alpha value is -2.24. The van der Waals surface area contributed by atoms with Crippen molar-refractivity contribution in [1.29, 1.82) is 0 Å². The Kier molecular flexibility index (Phi) is 5.83. The largest absolute Gasteiger partial charge is 0.495 e. The van der Waals surface area contributed by atoms with E-state index in [1.165, 1.54) is 19.2 Å². The Morgan fingerprint density at radius 2 is 2.05 bits per heavy atom. The highest BCUT2D eigenvalue weighted by molar-refractivity contribution is 5.92. The van der Waals surface area contributed by atoms with Gasteiger partial charge in [-0.15, -0.1) is 0 Å². The number of nitrogens with one attached hydrogen (secondary N) is 1. The third kappa shape index (κ3) is 4.79. The van der Waals surface area contributed by atoms with E-state index in [1.54, 1.807) is 6.07 Å². The highest BCUT2D eigenvalue weighted by Gasteiger charge is 2.12. The maximum Gasteiger partial charge on any atom is 0.338 e. The maximum atomic E-state index is 11.7. The van der Waals surface area contributed by atoms with E-state index in [0.717, 1.165) is 0 Å². The topological polar surface area (TPSA) is 90.6 Å². The Labute approximate surface area is 118 Å². The molecule has 0 aliphatic heterocycles. The van der Waals surface area contributed by atoms with E-state index in [2.05, 4.69) is 5.32 Å². The van der Waals surface area contributed by atoms with E-state index >= 15 is 0 Å². The first-order valence-electron chi connectivity index (χ1n) is 6.31. The molecule has 1 aromatic rings. The Morgan fingerprint density at radius 3 is 2.60 bits per heavy atom. The number of nitrogens with two attached hydrogens (primary N) is 1. The number of amides is 1. The highest BCUT2D eigenvalue weighted by Crippen LogP contribution is 2.22. The van der Waals surface area contributed by atoms with Gasteiger partial charge in [0.15, 0.2) is 6.61 Å². The van der Waals surface area contributed by atoms with Gasteiger partial charge < -0.3 is 20.5 Å². The zero-order chi connectivity index (χ0) is 15.1. The van der Waals surface area contributed by atoms with Crippen LogP contribution in [0.25, 0.3) is 0 Å². The summed E-state index contributed by atoms with van der Waals surface area (Å²) < 4.78 is 9.89. The second kappa shape index (κ2) is 7.37. The molecule has 0 unspecified atom stereocenters. The third-order valence-corrected chi connectivity index (χ3v) is 2.51. The first-order chi connectivity index (χ1) is 9.43. The SMILES string of the molecule is COc1ccc(C(=O)OCC(=O)NCC(C)C)cc1N. The van der Waals surface area contributed by atoms with Crippen LogP contribution in [-0.2, 0) is 9.53 Å². The molecule has 1 aromatic carbocycles. The van der Waals surface area contributed by atoms with E-state index in [0.29, 0.717) is 23.9 Å². The van der Waals surface area contributed by atoms with Gasteiger partial charge in [0, 0.05) is 6.54 Å². The van der Waals surface area contributed by atoms with E-state index < -0.39 is 5.97 Å². The average Bonchev–Trinajstić information content (AvgIpc) is 2.42. The van der Waals surface area contributed by atoms with Gasteiger partial charge in [0.25, 0.3) is 5.91 Å². The lowest BCUT2D eigenvalue weighted by molar-refractivity contribution is -0.124. The lowest BCUT2D eigenvalue weighted by Gasteiger charge is -2.09. The van der Waals surface area contributed by atoms with Crippen LogP contribution in [-0.4, -0.2) is 32.1 Å². The number of carbonyl (C=O) groups excluding carboxylic acids is 2. The van der Waals surface area contributed by atoms with Crippen molar-refractivity contribution in [2.45, 2.75) is 13.8 Å². The molecule has 0 bridgehead atoms. The van der Waals surface area contributed by atoms with Gasteiger partial charge in [0.05, 0.1) is 18.4 Å². The summed E-state index contributed by atoms with van der Waals surface area (Å²) in [6.45, 7) is 4.20. The van der Waals surface area contributed by atoms with Crippen molar-refractivity contribution in [3.8, 4) is 5.75 Å². The van der Waals surface area contributed by atoms with Crippen LogP contribution in [0.5, 0.6) is 5.75 Å². The summed E-state index contributed by atoms with van der Waals surface area (Å²) in [5.41, 5.74) is 6.31. The van der Waals surface area contributed by atoms with Gasteiger partial charge >= 0.3 is 5.97 Å². The number of ether oxygens (including phenoxy) is 2. The van der Waals surface area contributed by atoms with Crippen molar-refractivity contribution in [3.05, 3.63) is 23.8 Å². The van der Waals surface area contributed by atoms with Crippen molar-refractivity contribution < 1.29 is 19.1 Å². The smallest absolute Gasteiger partial charge is 0.338 e. The molecule has 3 N–H and O–H groups in total. The van der Waals surface area contributed by atoms with Crippen LogP contribution < -0.4 is 15.8 Å². The predicted molar refractivity (Wildman–Crippen MR) is 75.5 cm³/mol. The van der Waals surface area contributed by atoms with Gasteiger partial charge in [-0.05, 0) is 24.1 Å². The monoisotopic (exact) mass is 280 g/mol. The van der Waals surface area contributed by atoms with Crippen molar-refractivity contribution in [1.82, 2.24) is 5.32 Å². The molecule has 6 nitrogen and oxygen atoms in total. The summed E-state index contributed by atoms with van der Waals surface area (Å²) in [6.07, 6.45) is 0. The van der Waals surface area contributed by atoms with Crippen LogP contribution in [0.3, 0.4) is 0 Å². The van der Waals surface area contributed by atoms with E-state index in [-0.39, 0.29) is 18.1 Å².